The van der Waals surface area contributed by atoms with Crippen molar-refractivity contribution in [2.75, 3.05) is 12.4 Å². The molecule has 0 fully saturated rings. The minimum Gasteiger partial charge on any atom is -0.496 e. The van der Waals surface area contributed by atoms with Gasteiger partial charge < -0.3 is 10.1 Å². The number of carbonyl (C=O) groups excluding carboxylic acids is 1. The van der Waals surface area contributed by atoms with Gasteiger partial charge in [0, 0.05) is 11.8 Å². The molecule has 0 saturated heterocycles. The molecule has 0 aliphatic rings. The zero-order valence-electron chi connectivity index (χ0n) is 9.44. The van der Waals surface area contributed by atoms with E-state index >= 15 is 0 Å². The quantitative estimate of drug-likeness (QED) is 0.873. The van der Waals surface area contributed by atoms with Crippen molar-refractivity contribution in [2.45, 2.75) is 0 Å². The number of hydrogen-bond acceptors (Lipinski definition) is 2. The lowest BCUT2D eigenvalue weighted by Crippen LogP contribution is -2.11. The standard InChI is InChI=1S/C14H12NO2/c1-17-13-9-5-6-11(10-13)14(16)15-12-7-3-2-4-8-12/h2-9H,1H3,(H,15,16). The lowest BCUT2D eigenvalue weighted by molar-refractivity contribution is 0.102. The zero-order chi connectivity index (χ0) is 12.1. The molecule has 3 nitrogen and oxygen atoms in total. The molecule has 2 rings (SSSR count). The summed E-state index contributed by atoms with van der Waals surface area (Å²) in [6.07, 6.45) is 0. The molecule has 0 aromatic heterocycles. The monoisotopic (exact) mass is 226 g/mol. The molecule has 0 spiro atoms. The van der Waals surface area contributed by atoms with Gasteiger partial charge in [-0.25, -0.2) is 0 Å². The summed E-state index contributed by atoms with van der Waals surface area (Å²) in [5.74, 6) is 0.348. The summed E-state index contributed by atoms with van der Waals surface area (Å²) in [5, 5.41) is 2.78. The van der Waals surface area contributed by atoms with Gasteiger partial charge in [-0.2, -0.15) is 0 Å². The Balaban J connectivity index is 2.14. The second kappa shape index (κ2) is 5.16. The van der Waals surface area contributed by atoms with Crippen molar-refractivity contribution in [2.24, 2.45) is 0 Å². The molecule has 0 unspecified atom stereocenters. The smallest absolute Gasteiger partial charge is 0.256 e. The second-order valence-corrected chi connectivity index (χ2v) is 3.45. The molecule has 1 radical (unpaired) electrons. The summed E-state index contributed by atoms with van der Waals surface area (Å²) in [4.78, 5) is 11.9. The van der Waals surface area contributed by atoms with Gasteiger partial charge in [0.15, 0.2) is 0 Å². The highest BCUT2D eigenvalue weighted by atomic mass is 16.5. The topological polar surface area (TPSA) is 38.3 Å². The normalized spacial score (nSPS) is 9.71. The number of para-hydroxylation sites is 1. The minimum absolute atomic E-state index is 0.199. The van der Waals surface area contributed by atoms with Gasteiger partial charge in [0.05, 0.1) is 12.7 Å². The molecule has 2 aromatic rings. The molecule has 2 aromatic carbocycles. The Kier molecular flexibility index (Phi) is 3.40. The molecule has 0 aliphatic carbocycles. The fourth-order valence-electron chi connectivity index (χ4n) is 1.42. The minimum atomic E-state index is -0.199. The average molecular weight is 226 g/mol. The molecule has 85 valence electrons. The molecule has 17 heavy (non-hydrogen) atoms. The first-order chi connectivity index (χ1) is 8.29. The summed E-state index contributed by atoms with van der Waals surface area (Å²) >= 11 is 0. The Bertz CT molecular complexity index is 509. The van der Waals surface area contributed by atoms with E-state index in [9.17, 15) is 4.79 Å². The third kappa shape index (κ3) is 2.84. The number of hydrogen-bond donors (Lipinski definition) is 1. The van der Waals surface area contributed by atoms with Crippen LogP contribution >= 0.6 is 0 Å². The predicted molar refractivity (Wildman–Crippen MR) is 66.2 cm³/mol. The number of benzene rings is 2. The van der Waals surface area contributed by atoms with Crippen molar-refractivity contribution in [3.63, 3.8) is 0 Å². The van der Waals surface area contributed by atoms with E-state index in [4.69, 9.17) is 4.74 Å². The number of amides is 1. The van der Waals surface area contributed by atoms with E-state index in [1.807, 2.05) is 30.3 Å². The van der Waals surface area contributed by atoms with Crippen molar-refractivity contribution in [3.8, 4) is 5.75 Å². The van der Waals surface area contributed by atoms with Crippen molar-refractivity contribution in [1.29, 1.82) is 0 Å². The van der Waals surface area contributed by atoms with Crippen molar-refractivity contribution in [3.05, 3.63) is 60.2 Å². The maximum Gasteiger partial charge on any atom is 0.256 e. The highest BCUT2D eigenvalue weighted by Gasteiger charge is 2.06. The molecule has 1 N–H and O–H groups in total. The molecule has 0 heterocycles. The first-order valence-corrected chi connectivity index (χ1v) is 5.22. The van der Waals surface area contributed by atoms with Gasteiger partial charge in [0.1, 0.15) is 5.75 Å². The number of rotatable bonds is 3. The van der Waals surface area contributed by atoms with Crippen LogP contribution in [0.25, 0.3) is 0 Å². The van der Waals surface area contributed by atoms with Crippen LogP contribution in [0.1, 0.15) is 10.4 Å². The highest BCUT2D eigenvalue weighted by molar-refractivity contribution is 6.04. The number of carbonyl (C=O) groups is 1. The maximum atomic E-state index is 11.9. The first-order valence-electron chi connectivity index (χ1n) is 5.22. The maximum absolute atomic E-state index is 11.9. The van der Waals surface area contributed by atoms with Crippen LogP contribution < -0.4 is 10.1 Å². The third-order valence-electron chi connectivity index (χ3n) is 2.26. The van der Waals surface area contributed by atoms with Crippen molar-refractivity contribution >= 4 is 11.6 Å². The van der Waals surface area contributed by atoms with E-state index in [-0.39, 0.29) is 5.91 Å². The summed E-state index contributed by atoms with van der Waals surface area (Å²) in [6.45, 7) is 0. The van der Waals surface area contributed by atoms with Gasteiger partial charge in [-0.05, 0) is 24.3 Å². The van der Waals surface area contributed by atoms with Gasteiger partial charge >= 0.3 is 0 Å². The van der Waals surface area contributed by atoms with Crippen LogP contribution in [0.4, 0.5) is 5.69 Å². The fraction of sp³-hybridized carbons (Fsp3) is 0.0714. The molecular formula is C14H12NO2. The van der Waals surface area contributed by atoms with Crippen LogP contribution in [-0.2, 0) is 0 Å². The van der Waals surface area contributed by atoms with E-state index in [2.05, 4.69) is 11.4 Å². The van der Waals surface area contributed by atoms with Gasteiger partial charge in [-0.15, -0.1) is 0 Å². The largest absolute Gasteiger partial charge is 0.496 e. The van der Waals surface area contributed by atoms with Crippen LogP contribution in [0.2, 0.25) is 0 Å². The van der Waals surface area contributed by atoms with Gasteiger partial charge in [0.25, 0.3) is 5.91 Å². The van der Waals surface area contributed by atoms with Gasteiger partial charge in [-0.3, -0.25) is 4.79 Å². The summed E-state index contributed by atoms with van der Waals surface area (Å²) < 4.78 is 5.02. The van der Waals surface area contributed by atoms with E-state index < -0.39 is 0 Å². The fourth-order valence-corrected chi connectivity index (χ4v) is 1.42. The van der Waals surface area contributed by atoms with Crippen LogP contribution in [0, 0.1) is 6.07 Å². The number of ether oxygens (including phenoxy) is 1. The predicted octanol–water partition coefficient (Wildman–Crippen LogP) is 2.75. The lowest BCUT2D eigenvalue weighted by atomic mass is 10.2. The Morgan fingerprint density at radius 3 is 2.59 bits per heavy atom. The number of nitrogens with one attached hydrogen (secondary N) is 1. The Morgan fingerprint density at radius 2 is 1.88 bits per heavy atom. The van der Waals surface area contributed by atoms with Crippen LogP contribution in [0.15, 0.2) is 48.5 Å². The number of methoxy groups -OCH3 is 1. The van der Waals surface area contributed by atoms with Crippen LogP contribution in [0.3, 0.4) is 0 Å². The van der Waals surface area contributed by atoms with Crippen LogP contribution in [0.5, 0.6) is 5.75 Å². The molecule has 0 bridgehead atoms. The molecule has 1 amide bonds. The molecule has 0 saturated carbocycles. The van der Waals surface area contributed by atoms with Crippen molar-refractivity contribution in [1.82, 2.24) is 0 Å². The van der Waals surface area contributed by atoms with Crippen molar-refractivity contribution < 1.29 is 9.53 Å². The molecule has 3 heteroatoms. The average Bonchev–Trinajstić information content (AvgIpc) is 2.40. The van der Waals surface area contributed by atoms with E-state index in [1.165, 1.54) is 0 Å². The SMILES string of the molecule is COc1[c]c(C(=O)Nc2ccccc2)ccc1. The first kappa shape index (κ1) is 11.2. The molecule has 0 aliphatic heterocycles. The third-order valence-corrected chi connectivity index (χ3v) is 2.26. The second-order valence-electron chi connectivity index (χ2n) is 3.45. The number of anilines is 1. The molecule has 0 atom stereocenters. The lowest BCUT2D eigenvalue weighted by Gasteiger charge is -2.05. The summed E-state index contributed by atoms with van der Waals surface area (Å²) in [5.41, 5.74) is 1.21. The van der Waals surface area contributed by atoms with Gasteiger partial charge in [0.2, 0.25) is 0 Å². The van der Waals surface area contributed by atoms with Gasteiger partial charge in [-0.1, -0.05) is 24.3 Å². The highest BCUT2D eigenvalue weighted by Crippen LogP contribution is 2.13. The summed E-state index contributed by atoms with van der Waals surface area (Å²) in [6, 6.07) is 17.4. The Morgan fingerprint density at radius 1 is 1.12 bits per heavy atom. The summed E-state index contributed by atoms with van der Waals surface area (Å²) in [7, 11) is 1.55. The molecular weight excluding hydrogens is 214 g/mol. The van der Waals surface area contributed by atoms with E-state index in [1.54, 1.807) is 25.3 Å². The Hall–Kier alpha value is -2.29. The Labute approximate surface area is 100 Å². The van der Waals surface area contributed by atoms with E-state index in [0.29, 0.717) is 11.3 Å². The van der Waals surface area contributed by atoms with Crippen LogP contribution in [-0.4, -0.2) is 13.0 Å². The van der Waals surface area contributed by atoms with E-state index in [0.717, 1.165) is 5.69 Å². The zero-order valence-corrected chi connectivity index (χ0v) is 9.44.